The van der Waals surface area contributed by atoms with Gasteiger partial charge in [0.1, 0.15) is 47.5 Å². The molecule has 0 fully saturated rings. The van der Waals surface area contributed by atoms with Crippen LogP contribution in [0.2, 0.25) is 0 Å². The average molecular weight is 575 g/mol. The van der Waals surface area contributed by atoms with Gasteiger partial charge in [0, 0.05) is 36.8 Å². The van der Waals surface area contributed by atoms with Gasteiger partial charge in [-0.3, -0.25) is 19.4 Å². The highest BCUT2D eigenvalue weighted by atomic mass is 19.1. The number of pyridine rings is 1. The summed E-state index contributed by atoms with van der Waals surface area (Å²) in [5.41, 5.74) is 0.645. The van der Waals surface area contributed by atoms with E-state index in [-0.39, 0.29) is 12.3 Å². The van der Waals surface area contributed by atoms with E-state index in [1.165, 1.54) is 41.4 Å². The monoisotopic (exact) mass is 574 g/mol. The van der Waals surface area contributed by atoms with Gasteiger partial charge in [0.2, 0.25) is 0 Å². The predicted molar refractivity (Wildman–Crippen MR) is 153 cm³/mol. The third-order valence-electron chi connectivity index (χ3n) is 6.44. The Hall–Kier alpha value is -4.95. The van der Waals surface area contributed by atoms with Crippen LogP contribution >= 0.6 is 0 Å². The van der Waals surface area contributed by atoms with Crippen LogP contribution in [0.3, 0.4) is 0 Å². The minimum Gasteiger partial charge on any atom is -0.489 e. The Bertz CT molecular complexity index is 1550. The molecule has 0 radical (unpaired) electrons. The molecule has 1 aromatic heterocycles. The summed E-state index contributed by atoms with van der Waals surface area (Å²) in [5, 5.41) is 14.7. The number of carbonyl (C=O) groups is 3. The number of fused-ring (bicyclic) bond motifs is 1. The second-order valence-corrected chi connectivity index (χ2v) is 10.4. The Labute approximate surface area is 242 Å². The van der Waals surface area contributed by atoms with Crippen molar-refractivity contribution in [3.05, 3.63) is 77.9 Å². The largest absolute Gasteiger partial charge is 0.489 e. The minimum absolute atomic E-state index is 0.0271. The number of aliphatic carboxylic acids is 1. The zero-order valence-electron chi connectivity index (χ0n) is 23.6. The van der Waals surface area contributed by atoms with E-state index in [4.69, 9.17) is 14.6 Å². The van der Waals surface area contributed by atoms with Crippen molar-refractivity contribution < 1.29 is 33.4 Å². The van der Waals surface area contributed by atoms with Crippen LogP contribution < -0.4 is 25.0 Å². The van der Waals surface area contributed by atoms with Gasteiger partial charge in [0.05, 0.1) is 5.69 Å². The number of hydrogen-bond acceptors (Lipinski definition) is 7. The molecular formula is C31H31FN4O6. The third-order valence-corrected chi connectivity index (χ3v) is 6.44. The Morgan fingerprint density at radius 2 is 1.93 bits per heavy atom. The number of benzene rings is 2. The fourth-order valence-electron chi connectivity index (χ4n) is 3.93. The topological polar surface area (TPSA) is 130 Å². The van der Waals surface area contributed by atoms with E-state index >= 15 is 0 Å². The first-order chi connectivity index (χ1) is 19.9. The third kappa shape index (κ3) is 7.62. The molecule has 11 heteroatoms. The van der Waals surface area contributed by atoms with E-state index in [1.807, 2.05) is 13.8 Å². The van der Waals surface area contributed by atoms with Crippen LogP contribution in [-0.4, -0.2) is 60.2 Å². The highest BCUT2D eigenvalue weighted by Crippen LogP contribution is 2.32. The number of likely N-dealkylation sites (N-methyl/N-ethyl adjacent to an activating group) is 1. The molecule has 218 valence electrons. The standard InChI is InChI=1S/C31H31FN4O6/c1-19(30(39)40)34-18-31(2,3)13-11-20-5-10-27-26(15-20)36(4)29(38)25(17-41-27)35-28(37)24-16-23(12-14-33-24)42-22-8-6-21(32)7-9-22/h5-10,12,14-16,19,25,34H,17-18H2,1-4H3,(H,35,37)(H,39,40)/t19-,25-/m0/s1. The highest BCUT2D eigenvalue weighted by Gasteiger charge is 2.31. The molecule has 2 aromatic carbocycles. The highest BCUT2D eigenvalue weighted by molar-refractivity contribution is 6.03. The van der Waals surface area contributed by atoms with E-state index in [0.29, 0.717) is 35.0 Å². The van der Waals surface area contributed by atoms with Gasteiger partial charge in [-0.15, -0.1) is 0 Å². The zero-order chi connectivity index (χ0) is 30.4. The van der Waals surface area contributed by atoms with Crippen molar-refractivity contribution in [2.45, 2.75) is 32.9 Å². The van der Waals surface area contributed by atoms with Crippen LogP contribution in [0, 0.1) is 23.1 Å². The lowest BCUT2D eigenvalue weighted by atomic mass is 9.93. The number of aromatic nitrogens is 1. The van der Waals surface area contributed by atoms with Gasteiger partial charge in [0.25, 0.3) is 11.8 Å². The zero-order valence-corrected chi connectivity index (χ0v) is 23.6. The first-order valence-electron chi connectivity index (χ1n) is 13.2. The number of nitrogens with zero attached hydrogens (tertiary/aromatic N) is 2. The quantitative estimate of drug-likeness (QED) is 0.348. The first-order valence-corrected chi connectivity index (χ1v) is 13.2. The number of carboxylic acid groups (broad SMARTS) is 1. The van der Waals surface area contributed by atoms with E-state index in [9.17, 15) is 18.8 Å². The molecule has 0 unspecified atom stereocenters. The Kier molecular flexibility index (Phi) is 9.08. The molecule has 10 nitrogen and oxygen atoms in total. The van der Waals surface area contributed by atoms with Gasteiger partial charge in [-0.05, 0) is 69.3 Å². The molecule has 2 amide bonds. The van der Waals surface area contributed by atoms with Crippen molar-refractivity contribution in [1.82, 2.24) is 15.6 Å². The van der Waals surface area contributed by atoms with Crippen molar-refractivity contribution in [2.75, 3.05) is 25.1 Å². The minimum atomic E-state index is -0.992. The van der Waals surface area contributed by atoms with E-state index in [2.05, 4.69) is 27.5 Å². The number of ether oxygens (including phenoxy) is 2. The molecule has 4 rings (SSSR count). The lowest BCUT2D eigenvalue weighted by molar-refractivity contribution is -0.139. The maximum Gasteiger partial charge on any atom is 0.320 e. The average Bonchev–Trinajstić information content (AvgIpc) is 3.08. The molecule has 1 aliphatic rings. The maximum atomic E-state index is 13.3. The summed E-state index contributed by atoms with van der Waals surface area (Å²) in [4.78, 5) is 42.9. The van der Waals surface area contributed by atoms with Gasteiger partial charge in [0.15, 0.2) is 0 Å². The molecule has 1 aliphatic heterocycles. The molecule has 42 heavy (non-hydrogen) atoms. The molecule has 0 spiro atoms. The SMILES string of the molecule is C[C@H](NCC(C)(C)C#Cc1ccc2c(c1)N(C)C(=O)[C@@H](NC(=O)c1cc(Oc3ccc(F)cc3)ccn1)CO2)C(=O)O. The summed E-state index contributed by atoms with van der Waals surface area (Å²) < 4.78 is 24.7. The first kappa shape index (κ1) is 30.0. The summed E-state index contributed by atoms with van der Waals surface area (Å²) in [6, 6.07) is 11.9. The lowest BCUT2D eigenvalue weighted by Gasteiger charge is -2.21. The molecule has 0 aliphatic carbocycles. The summed E-state index contributed by atoms with van der Waals surface area (Å²) in [6.45, 7) is 5.64. The number of halogens is 1. The summed E-state index contributed by atoms with van der Waals surface area (Å²) in [6.07, 6.45) is 1.40. The normalized spacial score (nSPS) is 15.3. The molecule has 2 heterocycles. The summed E-state index contributed by atoms with van der Waals surface area (Å²) >= 11 is 0. The number of carbonyl (C=O) groups excluding carboxylic acids is 2. The van der Waals surface area contributed by atoms with Crippen LogP contribution in [0.5, 0.6) is 17.2 Å². The number of hydrogen-bond donors (Lipinski definition) is 3. The molecule has 0 bridgehead atoms. The van der Waals surface area contributed by atoms with Crippen LogP contribution in [0.1, 0.15) is 36.8 Å². The fourth-order valence-corrected chi connectivity index (χ4v) is 3.93. The molecule has 0 saturated carbocycles. The van der Waals surface area contributed by atoms with E-state index in [1.54, 1.807) is 38.2 Å². The smallest absolute Gasteiger partial charge is 0.320 e. The fraction of sp³-hybridized carbons (Fsp3) is 0.290. The molecule has 2 atom stereocenters. The second-order valence-electron chi connectivity index (χ2n) is 10.4. The summed E-state index contributed by atoms with van der Waals surface area (Å²) in [7, 11) is 1.59. The number of amides is 2. The maximum absolute atomic E-state index is 13.3. The Morgan fingerprint density at radius 1 is 1.19 bits per heavy atom. The van der Waals surface area contributed by atoms with Crippen molar-refractivity contribution in [3.63, 3.8) is 0 Å². The van der Waals surface area contributed by atoms with Crippen molar-refractivity contribution in [2.24, 2.45) is 5.41 Å². The van der Waals surface area contributed by atoms with Gasteiger partial charge < -0.3 is 30.1 Å². The Morgan fingerprint density at radius 3 is 2.64 bits per heavy atom. The van der Waals surface area contributed by atoms with Crippen molar-refractivity contribution >= 4 is 23.5 Å². The molecular weight excluding hydrogens is 543 g/mol. The van der Waals surface area contributed by atoms with Crippen LogP contribution in [0.4, 0.5) is 10.1 Å². The number of carboxylic acids is 1. The van der Waals surface area contributed by atoms with Gasteiger partial charge in [-0.2, -0.15) is 0 Å². The molecule has 0 saturated heterocycles. The van der Waals surface area contributed by atoms with Crippen LogP contribution in [0.25, 0.3) is 0 Å². The van der Waals surface area contributed by atoms with E-state index < -0.39 is 41.1 Å². The summed E-state index contributed by atoms with van der Waals surface area (Å²) in [5.74, 6) is 5.08. The number of anilines is 1. The van der Waals surface area contributed by atoms with Gasteiger partial charge >= 0.3 is 5.97 Å². The van der Waals surface area contributed by atoms with Gasteiger partial charge in [-0.1, -0.05) is 11.8 Å². The van der Waals surface area contributed by atoms with E-state index in [0.717, 1.165) is 0 Å². The van der Waals surface area contributed by atoms with Crippen molar-refractivity contribution in [3.8, 4) is 29.1 Å². The molecule has 3 aromatic rings. The van der Waals surface area contributed by atoms with Crippen molar-refractivity contribution in [1.29, 1.82) is 0 Å². The Balaban J connectivity index is 1.43. The van der Waals surface area contributed by atoms with Crippen LogP contribution in [-0.2, 0) is 9.59 Å². The van der Waals surface area contributed by atoms with Gasteiger partial charge in [-0.25, -0.2) is 4.39 Å². The molecule has 3 N–H and O–H groups in total. The lowest BCUT2D eigenvalue weighted by Crippen LogP contribution is -2.49. The van der Waals surface area contributed by atoms with Crippen LogP contribution in [0.15, 0.2) is 60.8 Å². The second kappa shape index (κ2) is 12.7. The number of rotatable bonds is 8. The number of nitrogens with one attached hydrogen (secondary N) is 2. The predicted octanol–water partition coefficient (Wildman–Crippen LogP) is 3.61.